The van der Waals surface area contributed by atoms with Gasteiger partial charge in [-0.3, -0.25) is 9.59 Å². The van der Waals surface area contributed by atoms with Crippen molar-refractivity contribution >= 4 is 34.8 Å². The molecule has 0 saturated carbocycles. The molecule has 2 aliphatic rings. The minimum Gasteiger partial charge on any atom is -0.454 e. The zero-order valence-corrected chi connectivity index (χ0v) is 14.0. The second-order valence-electron chi connectivity index (χ2n) is 5.94. The number of nitrogens with zero attached hydrogens (tertiary/aromatic N) is 1. The van der Waals surface area contributed by atoms with Gasteiger partial charge in [-0.05, 0) is 36.4 Å². The molecule has 0 spiro atoms. The highest BCUT2D eigenvalue weighted by molar-refractivity contribution is 6.30. The molecule has 0 radical (unpaired) electrons. The van der Waals surface area contributed by atoms with Crippen LogP contribution in [0.5, 0.6) is 11.5 Å². The maximum absolute atomic E-state index is 12.4. The van der Waals surface area contributed by atoms with Crippen LogP contribution in [-0.4, -0.2) is 25.2 Å². The van der Waals surface area contributed by atoms with Crippen molar-refractivity contribution in [3.05, 3.63) is 47.5 Å². The number of carbonyl (C=O) groups excluding carboxylic acids is 2. The van der Waals surface area contributed by atoms with E-state index in [2.05, 4.69) is 5.32 Å². The minimum absolute atomic E-state index is 0.0879. The lowest BCUT2D eigenvalue weighted by molar-refractivity contribution is -0.122. The van der Waals surface area contributed by atoms with Gasteiger partial charge in [-0.15, -0.1) is 0 Å². The molecule has 2 aromatic rings. The Balaban J connectivity index is 1.46. The van der Waals surface area contributed by atoms with E-state index in [4.69, 9.17) is 21.1 Å². The summed E-state index contributed by atoms with van der Waals surface area (Å²) in [4.78, 5) is 26.4. The van der Waals surface area contributed by atoms with Crippen LogP contribution in [0, 0.1) is 5.92 Å². The van der Waals surface area contributed by atoms with E-state index < -0.39 is 5.92 Å². The maximum Gasteiger partial charge on any atom is 0.231 e. The van der Waals surface area contributed by atoms with Crippen LogP contribution in [0.15, 0.2) is 42.5 Å². The fourth-order valence-electron chi connectivity index (χ4n) is 2.96. The Morgan fingerprint density at radius 1 is 1.12 bits per heavy atom. The molecule has 1 unspecified atom stereocenters. The Kier molecular flexibility index (Phi) is 3.97. The second kappa shape index (κ2) is 6.29. The number of amides is 2. The molecule has 0 aliphatic carbocycles. The van der Waals surface area contributed by atoms with Crippen molar-refractivity contribution in [1.82, 2.24) is 0 Å². The van der Waals surface area contributed by atoms with Crippen LogP contribution in [-0.2, 0) is 9.59 Å². The summed E-state index contributed by atoms with van der Waals surface area (Å²) in [6.45, 7) is 0.511. The summed E-state index contributed by atoms with van der Waals surface area (Å²) in [5.41, 5.74) is 1.36. The van der Waals surface area contributed by atoms with Crippen LogP contribution >= 0.6 is 11.6 Å². The van der Waals surface area contributed by atoms with E-state index in [1.807, 2.05) is 0 Å². The van der Waals surface area contributed by atoms with E-state index in [-0.39, 0.29) is 25.0 Å². The number of rotatable bonds is 3. The number of benzene rings is 2. The standard InChI is InChI=1S/C18H15ClN2O4/c19-12-1-3-13(4-2-12)20-18(23)11-7-17(22)21(9-11)14-5-6-15-16(8-14)25-10-24-15/h1-6,8,11H,7,9-10H2,(H,20,23). The molecule has 0 bridgehead atoms. The molecule has 4 rings (SSSR count). The van der Waals surface area contributed by atoms with E-state index in [0.29, 0.717) is 34.4 Å². The number of ether oxygens (including phenoxy) is 2. The Morgan fingerprint density at radius 3 is 2.68 bits per heavy atom. The van der Waals surface area contributed by atoms with Gasteiger partial charge in [0.25, 0.3) is 0 Å². The molecular formula is C18H15ClN2O4. The quantitative estimate of drug-likeness (QED) is 0.915. The molecule has 0 aromatic heterocycles. The van der Waals surface area contributed by atoms with Crippen molar-refractivity contribution in [3.8, 4) is 11.5 Å². The summed E-state index contributed by atoms with van der Waals surface area (Å²) >= 11 is 5.84. The average molecular weight is 359 g/mol. The first kappa shape index (κ1) is 15.8. The number of anilines is 2. The van der Waals surface area contributed by atoms with Crippen molar-refractivity contribution in [2.75, 3.05) is 23.6 Å². The molecule has 2 amide bonds. The van der Waals surface area contributed by atoms with Gasteiger partial charge in [0.1, 0.15) is 0 Å². The minimum atomic E-state index is -0.409. The molecule has 25 heavy (non-hydrogen) atoms. The molecule has 2 aromatic carbocycles. The van der Waals surface area contributed by atoms with Gasteiger partial charge in [-0.1, -0.05) is 11.6 Å². The Labute approximate surface area is 149 Å². The highest BCUT2D eigenvalue weighted by Gasteiger charge is 2.35. The van der Waals surface area contributed by atoms with Gasteiger partial charge in [0.05, 0.1) is 5.92 Å². The smallest absolute Gasteiger partial charge is 0.231 e. The number of halogens is 1. The Bertz CT molecular complexity index is 837. The molecule has 2 aliphatic heterocycles. The molecule has 1 saturated heterocycles. The third-order valence-electron chi connectivity index (χ3n) is 4.28. The first-order chi connectivity index (χ1) is 12.1. The molecule has 128 valence electrons. The van der Waals surface area contributed by atoms with Crippen molar-refractivity contribution in [1.29, 1.82) is 0 Å². The van der Waals surface area contributed by atoms with E-state index in [0.717, 1.165) is 0 Å². The number of nitrogens with one attached hydrogen (secondary N) is 1. The Morgan fingerprint density at radius 2 is 1.88 bits per heavy atom. The van der Waals surface area contributed by atoms with Crippen molar-refractivity contribution in [2.24, 2.45) is 5.92 Å². The number of fused-ring (bicyclic) bond motifs is 1. The van der Waals surface area contributed by atoms with Crippen LogP contribution in [0.2, 0.25) is 5.02 Å². The first-order valence-corrected chi connectivity index (χ1v) is 8.24. The van der Waals surface area contributed by atoms with Gasteiger partial charge in [0.2, 0.25) is 18.6 Å². The lowest BCUT2D eigenvalue weighted by Crippen LogP contribution is -2.28. The van der Waals surface area contributed by atoms with Crippen LogP contribution in [0.25, 0.3) is 0 Å². The van der Waals surface area contributed by atoms with Crippen molar-refractivity contribution < 1.29 is 19.1 Å². The van der Waals surface area contributed by atoms with Crippen LogP contribution in [0.3, 0.4) is 0 Å². The highest BCUT2D eigenvalue weighted by Crippen LogP contribution is 2.37. The third-order valence-corrected chi connectivity index (χ3v) is 4.53. The number of hydrogen-bond donors (Lipinski definition) is 1. The molecule has 1 atom stereocenters. The normalized spacial score (nSPS) is 18.5. The number of carbonyl (C=O) groups is 2. The van der Waals surface area contributed by atoms with Crippen LogP contribution in [0.1, 0.15) is 6.42 Å². The van der Waals surface area contributed by atoms with E-state index in [9.17, 15) is 9.59 Å². The fourth-order valence-corrected chi connectivity index (χ4v) is 3.09. The molecule has 1 N–H and O–H groups in total. The monoisotopic (exact) mass is 358 g/mol. The van der Waals surface area contributed by atoms with E-state index in [1.165, 1.54) is 0 Å². The lowest BCUT2D eigenvalue weighted by Gasteiger charge is -2.17. The summed E-state index contributed by atoms with van der Waals surface area (Å²) in [5, 5.41) is 3.42. The summed E-state index contributed by atoms with van der Waals surface area (Å²) in [5.74, 6) is 0.592. The zero-order chi connectivity index (χ0) is 17.4. The average Bonchev–Trinajstić information content (AvgIpc) is 3.22. The SMILES string of the molecule is O=C(Nc1ccc(Cl)cc1)C1CC(=O)N(c2ccc3c(c2)OCO3)C1. The van der Waals surface area contributed by atoms with Gasteiger partial charge >= 0.3 is 0 Å². The lowest BCUT2D eigenvalue weighted by atomic mass is 10.1. The molecular weight excluding hydrogens is 344 g/mol. The predicted molar refractivity (Wildman–Crippen MR) is 93.1 cm³/mol. The number of hydrogen-bond acceptors (Lipinski definition) is 4. The maximum atomic E-state index is 12.4. The molecule has 1 fully saturated rings. The second-order valence-corrected chi connectivity index (χ2v) is 6.38. The molecule has 7 heteroatoms. The van der Waals surface area contributed by atoms with Crippen molar-refractivity contribution in [2.45, 2.75) is 6.42 Å². The first-order valence-electron chi connectivity index (χ1n) is 7.86. The summed E-state index contributed by atoms with van der Waals surface area (Å²) in [6.07, 6.45) is 0.174. The van der Waals surface area contributed by atoms with E-state index >= 15 is 0 Å². The zero-order valence-electron chi connectivity index (χ0n) is 13.2. The van der Waals surface area contributed by atoms with E-state index in [1.54, 1.807) is 47.4 Å². The van der Waals surface area contributed by atoms with Crippen LogP contribution in [0.4, 0.5) is 11.4 Å². The van der Waals surface area contributed by atoms with Gasteiger partial charge in [-0.25, -0.2) is 0 Å². The third kappa shape index (κ3) is 3.13. The van der Waals surface area contributed by atoms with Gasteiger partial charge in [0, 0.05) is 35.4 Å². The topological polar surface area (TPSA) is 67.9 Å². The predicted octanol–water partition coefficient (Wildman–Crippen LogP) is 3.06. The fraction of sp³-hybridized carbons (Fsp3) is 0.222. The summed E-state index contributed by atoms with van der Waals surface area (Å²) in [6, 6.07) is 12.2. The summed E-state index contributed by atoms with van der Waals surface area (Å²) < 4.78 is 10.6. The van der Waals surface area contributed by atoms with Gasteiger partial charge in [-0.2, -0.15) is 0 Å². The highest BCUT2D eigenvalue weighted by atomic mass is 35.5. The molecule has 6 nitrogen and oxygen atoms in total. The Hall–Kier alpha value is -2.73. The van der Waals surface area contributed by atoms with Gasteiger partial charge in [0.15, 0.2) is 11.5 Å². The summed E-state index contributed by atoms with van der Waals surface area (Å²) in [7, 11) is 0. The largest absolute Gasteiger partial charge is 0.454 e. The molecule has 2 heterocycles. The van der Waals surface area contributed by atoms with Crippen LogP contribution < -0.4 is 19.7 Å². The van der Waals surface area contributed by atoms with Crippen molar-refractivity contribution in [3.63, 3.8) is 0 Å². The van der Waals surface area contributed by atoms with Gasteiger partial charge < -0.3 is 19.7 Å².